The summed E-state index contributed by atoms with van der Waals surface area (Å²) in [7, 11) is 0. The van der Waals surface area contributed by atoms with E-state index in [0.29, 0.717) is 11.8 Å². The molecule has 2 nitrogen and oxygen atoms in total. The molecule has 0 bridgehead atoms. The van der Waals surface area contributed by atoms with E-state index in [-0.39, 0.29) is 23.0 Å². The van der Waals surface area contributed by atoms with Gasteiger partial charge in [-0.2, -0.15) is 0 Å². The lowest BCUT2D eigenvalue weighted by Crippen LogP contribution is -2.53. The first-order chi connectivity index (χ1) is 10.4. The van der Waals surface area contributed by atoms with Crippen molar-refractivity contribution in [3.05, 3.63) is 11.6 Å². The highest BCUT2D eigenvalue weighted by Gasteiger charge is 2.59. The molecule has 0 saturated heterocycles. The minimum absolute atomic E-state index is 0.0813. The van der Waals surface area contributed by atoms with Crippen LogP contribution in [-0.4, -0.2) is 22.4 Å². The lowest BCUT2D eigenvalue weighted by Gasteiger charge is -2.59. The molecule has 4 aliphatic rings. The Morgan fingerprint density at radius 2 is 1.86 bits per heavy atom. The first kappa shape index (κ1) is 15.2. The molecule has 124 valence electrons. The van der Waals surface area contributed by atoms with Gasteiger partial charge in [-0.15, -0.1) is 0 Å². The normalized spacial score (nSPS) is 57.6. The maximum atomic E-state index is 10.5. The monoisotopic (exact) mass is 304 g/mol. The molecule has 0 aromatic carbocycles. The average molecular weight is 304 g/mol. The number of hydrogen-bond acceptors (Lipinski definition) is 2. The van der Waals surface area contributed by atoms with E-state index in [1.807, 2.05) is 0 Å². The van der Waals surface area contributed by atoms with Crippen LogP contribution in [0.2, 0.25) is 0 Å². The quantitative estimate of drug-likeness (QED) is 0.666. The molecular formula is C20H32O2. The summed E-state index contributed by atoms with van der Waals surface area (Å²) in [5.74, 6) is 2.79. The first-order valence-electron chi connectivity index (χ1n) is 9.43. The molecule has 2 N–H and O–H groups in total. The summed E-state index contributed by atoms with van der Waals surface area (Å²) >= 11 is 0. The third-order valence-corrected chi connectivity index (χ3v) is 8.59. The Balaban J connectivity index is 1.71. The molecule has 2 heteroatoms. The predicted octanol–water partition coefficient (Wildman–Crippen LogP) is 3.92. The van der Waals surface area contributed by atoms with Gasteiger partial charge in [-0.25, -0.2) is 0 Å². The molecule has 4 aliphatic carbocycles. The second-order valence-corrected chi connectivity index (χ2v) is 9.26. The Bertz CT molecular complexity index is 498. The molecule has 0 aliphatic heterocycles. The third-order valence-electron chi connectivity index (χ3n) is 8.59. The molecule has 0 heterocycles. The minimum atomic E-state index is -0.131. The van der Waals surface area contributed by atoms with Crippen molar-refractivity contribution in [1.82, 2.24) is 0 Å². The zero-order valence-electron chi connectivity index (χ0n) is 14.4. The third kappa shape index (κ3) is 1.80. The average Bonchev–Trinajstić information content (AvgIpc) is 2.77. The minimum Gasteiger partial charge on any atom is -0.393 e. The number of rotatable bonds is 0. The fourth-order valence-electron chi connectivity index (χ4n) is 7.04. The molecule has 3 fully saturated rings. The number of fused-ring (bicyclic) bond motifs is 5. The molecule has 0 aromatic rings. The number of aliphatic hydroxyl groups excluding tert-OH is 2. The van der Waals surface area contributed by atoms with Crippen LogP contribution < -0.4 is 0 Å². The van der Waals surface area contributed by atoms with Gasteiger partial charge in [0.2, 0.25) is 0 Å². The fourth-order valence-corrected chi connectivity index (χ4v) is 7.04. The van der Waals surface area contributed by atoms with Gasteiger partial charge in [0.15, 0.2) is 0 Å². The summed E-state index contributed by atoms with van der Waals surface area (Å²) in [5.41, 5.74) is 2.00. The van der Waals surface area contributed by atoms with Crippen LogP contribution in [-0.2, 0) is 0 Å². The summed E-state index contributed by atoms with van der Waals surface area (Å²) in [6, 6.07) is 0. The highest BCUT2D eigenvalue weighted by molar-refractivity contribution is 5.26. The summed E-state index contributed by atoms with van der Waals surface area (Å²) in [5, 5.41) is 20.7. The molecule has 0 amide bonds. The predicted molar refractivity (Wildman–Crippen MR) is 88.3 cm³/mol. The van der Waals surface area contributed by atoms with Gasteiger partial charge in [0, 0.05) is 0 Å². The van der Waals surface area contributed by atoms with E-state index in [2.05, 4.69) is 26.8 Å². The molecule has 0 aromatic heterocycles. The summed E-state index contributed by atoms with van der Waals surface area (Å²) in [4.78, 5) is 0. The van der Waals surface area contributed by atoms with Crippen molar-refractivity contribution in [2.75, 3.05) is 0 Å². The molecule has 0 spiro atoms. The molecule has 4 rings (SSSR count). The standard InChI is InChI=1S/C20H32O2/c1-12-10-14(21)11-13-4-5-15-16-6-7-18(22)19(16,2)9-8-17(15)20(12,13)3/h4,12,14-18,21-22H,5-11H2,1-3H3/t12-,14+,15+,16+,17+,18+,19+,20+/m1/s1. The number of aliphatic hydroxyl groups is 2. The lowest BCUT2D eigenvalue weighted by atomic mass is 9.46. The molecule has 0 unspecified atom stereocenters. The topological polar surface area (TPSA) is 40.5 Å². The molecule has 8 atom stereocenters. The summed E-state index contributed by atoms with van der Waals surface area (Å²) in [6.07, 6.45) is 9.99. The van der Waals surface area contributed by atoms with Crippen LogP contribution in [0.1, 0.15) is 65.7 Å². The highest BCUT2D eigenvalue weighted by Crippen LogP contribution is 2.65. The van der Waals surface area contributed by atoms with E-state index >= 15 is 0 Å². The number of hydrogen-bond donors (Lipinski definition) is 2. The van der Waals surface area contributed by atoms with Gasteiger partial charge in [0.05, 0.1) is 12.2 Å². The maximum absolute atomic E-state index is 10.5. The van der Waals surface area contributed by atoms with E-state index in [1.54, 1.807) is 5.57 Å². The zero-order valence-corrected chi connectivity index (χ0v) is 14.4. The van der Waals surface area contributed by atoms with Gasteiger partial charge >= 0.3 is 0 Å². The zero-order chi connectivity index (χ0) is 15.7. The lowest BCUT2D eigenvalue weighted by molar-refractivity contribution is -0.0858. The van der Waals surface area contributed by atoms with E-state index in [0.717, 1.165) is 31.1 Å². The molecule has 3 saturated carbocycles. The van der Waals surface area contributed by atoms with Crippen LogP contribution in [0.25, 0.3) is 0 Å². The summed E-state index contributed by atoms with van der Waals surface area (Å²) < 4.78 is 0. The Morgan fingerprint density at radius 3 is 2.64 bits per heavy atom. The van der Waals surface area contributed by atoms with Crippen molar-refractivity contribution in [2.24, 2.45) is 34.5 Å². The molecule has 0 radical (unpaired) electrons. The van der Waals surface area contributed by atoms with E-state index in [9.17, 15) is 10.2 Å². The number of allylic oxidation sites excluding steroid dienone is 1. The maximum Gasteiger partial charge on any atom is 0.0596 e. The van der Waals surface area contributed by atoms with Crippen molar-refractivity contribution in [3.8, 4) is 0 Å². The Hall–Kier alpha value is -0.340. The SMILES string of the molecule is C[C@@H]1C[C@H](O)CC2=CC[C@H]3[C@@H]4CC[C@H](O)[C@@]4(C)CC[C@@H]3[C@]21C. The smallest absolute Gasteiger partial charge is 0.0596 e. The van der Waals surface area contributed by atoms with Crippen molar-refractivity contribution < 1.29 is 10.2 Å². The van der Waals surface area contributed by atoms with Crippen LogP contribution in [0, 0.1) is 34.5 Å². The second kappa shape index (κ2) is 4.83. The van der Waals surface area contributed by atoms with Crippen molar-refractivity contribution in [3.63, 3.8) is 0 Å². The van der Waals surface area contributed by atoms with Crippen LogP contribution in [0.4, 0.5) is 0 Å². The molecule has 22 heavy (non-hydrogen) atoms. The van der Waals surface area contributed by atoms with Gasteiger partial charge in [-0.3, -0.25) is 0 Å². The van der Waals surface area contributed by atoms with Gasteiger partial charge in [0.1, 0.15) is 0 Å². The van der Waals surface area contributed by atoms with Crippen LogP contribution in [0.3, 0.4) is 0 Å². The van der Waals surface area contributed by atoms with Crippen LogP contribution >= 0.6 is 0 Å². The summed E-state index contributed by atoms with van der Waals surface area (Å²) in [6.45, 7) is 7.19. The Kier molecular flexibility index (Phi) is 3.34. The van der Waals surface area contributed by atoms with Gasteiger partial charge < -0.3 is 10.2 Å². The van der Waals surface area contributed by atoms with Gasteiger partial charge in [0.25, 0.3) is 0 Å². The van der Waals surface area contributed by atoms with E-state index in [1.165, 1.54) is 25.7 Å². The van der Waals surface area contributed by atoms with Crippen LogP contribution in [0.5, 0.6) is 0 Å². The van der Waals surface area contributed by atoms with Gasteiger partial charge in [-0.05, 0) is 79.4 Å². The van der Waals surface area contributed by atoms with E-state index in [4.69, 9.17) is 0 Å². The van der Waals surface area contributed by atoms with Crippen molar-refractivity contribution in [1.29, 1.82) is 0 Å². The van der Waals surface area contributed by atoms with Crippen LogP contribution in [0.15, 0.2) is 11.6 Å². The van der Waals surface area contributed by atoms with Crippen molar-refractivity contribution >= 4 is 0 Å². The molecular weight excluding hydrogens is 272 g/mol. The Labute approximate surface area is 135 Å². The second-order valence-electron chi connectivity index (χ2n) is 9.26. The van der Waals surface area contributed by atoms with Crippen molar-refractivity contribution in [2.45, 2.75) is 77.9 Å². The van der Waals surface area contributed by atoms with Gasteiger partial charge in [-0.1, -0.05) is 32.4 Å². The first-order valence-corrected chi connectivity index (χ1v) is 9.43. The van der Waals surface area contributed by atoms with E-state index < -0.39 is 0 Å². The highest BCUT2D eigenvalue weighted by atomic mass is 16.3. The largest absolute Gasteiger partial charge is 0.393 e. The Morgan fingerprint density at radius 1 is 1.09 bits per heavy atom. The fraction of sp³-hybridized carbons (Fsp3) is 0.900.